The number of pyridine rings is 1. The van der Waals surface area contributed by atoms with Gasteiger partial charge in [-0.05, 0) is 32.0 Å². The van der Waals surface area contributed by atoms with Gasteiger partial charge in [-0.25, -0.2) is 9.37 Å². The SMILES string of the molecule is CNc1nccc(C(=O)N(C)CC2CCN(C)C2)c1F. The van der Waals surface area contributed by atoms with Crippen molar-refractivity contribution in [2.75, 3.05) is 46.1 Å². The quantitative estimate of drug-likeness (QED) is 0.903. The maximum absolute atomic E-state index is 14.1. The number of carbonyl (C=O) groups is 1. The molecule has 1 aliphatic heterocycles. The first-order valence-electron chi connectivity index (χ1n) is 6.79. The molecule has 0 aromatic carbocycles. The summed E-state index contributed by atoms with van der Waals surface area (Å²) < 4.78 is 14.1. The van der Waals surface area contributed by atoms with E-state index < -0.39 is 5.82 Å². The summed E-state index contributed by atoms with van der Waals surface area (Å²) in [4.78, 5) is 20.0. The molecule has 1 aliphatic rings. The van der Waals surface area contributed by atoms with E-state index in [1.54, 1.807) is 19.0 Å². The average molecular weight is 280 g/mol. The number of halogens is 1. The van der Waals surface area contributed by atoms with Crippen molar-refractivity contribution in [3.63, 3.8) is 0 Å². The standard InChI is InChI=1S/C14H21FN4O/c1-16-13-12(15)11(4-6-17-13)14(20)19(3)9-10-5-7-18(2)8-10/h4,6,10H,5,7-9H2,1-3H3,(H,16,17). The number of rotatable bonds is 4. The molecule has 1 saturated heterocycles. The minimum absolute atomic E-state index is 0.0678. The minimum Gasteiger partial charge on any atom is -0.371 e. The van der Waals surface area contributed by atoms with Crippen LogP contribution in [0, 0.1) is 11.7 Å². The fourth-order valence-corrected chi connectivity index (χ4v) is 2.63. The number of nitrogens with one attached hydrogen (secondary N) is 1. The summed E-state index contributed by atoms with van der Waals surface area (Å²) in [6.45, 7) is 2.69. The lowest BCUT2D eigenvalue weighted by molar-refractivity contribution is 0.0769. The molecule has 5 nitrogen and oxygen atoms in total. The van der Waals surface area contributed by atoms with Crippen molar-refractivity contribution >= 4 is 11.7 Å². The molecule has 1 aromatic rings. The second-order valence-electron chi connectivity index (χ2n) is 5.37. The van der Waals surface area contributed by atoms with Gasteiger partial charge in [-0.15, -0.1) is 0 Å². The number of aromatic nitrogens is 1. The lowest BCUT2D eigenvalue weighted by Gasteiger charge is -2.21. The van der Waals surface area contributed by atoms with Crippen molar-refractivity contribution < 1.29 is 9.18 Å². The second kappa shape index (κ2) is 6.17. The molecule has 0 spiro atoms. The molecule has 6 heteroatoms. The van der Waals surface area contributed by atoms with Crippen LogP contribution < -0.4 is 5.32 Å². The highest BCUT2D eigenvalue weighted by atomic mass is 19.1. The zero-order valence-electron chi connectivity index (χ0n) is 12.2. The van der Waals surface area contributed by atoms with Gasteiger partial charge >= 0.3 is 0 Å². The molecule has 1 fully saturated rings. The highest BCUT2D eigenvalue weighted by Gasteiger charge is 2.25. The van der Waals surface area contributed by atoms with Gasteiger partial charge in [0.25, 0.3) is 5.91 Å². The van der Waals surface area contributed by atoms with Crippen LogP contribution in [-0.4, -0.2) is 61.5 Å². The molecular weight excluding hydrogens is 259 g/mol. The lowest BCUT2D eigenvalue weighted by Crippen LogP contribution is -2.33. The highest BCUT2D eigenvalue weighted by molar-refractivity contribution is 5.95. The monoisotopic (exact) mass is 280 g/mol. The first kappa shape index (κ1) is 14.7. The van der Waals surface area contributed by atoms with Gasteiger partial charge in [0.15, 0.2) is 11.6 Å². The minimum atomic E-state index is -0.588. The molecule has 1 unspecified atom stereocenters. The van der Waals surface area contributed by atoms with Crippen LogP contribution in [0.3, 0.4) is 0 Å². The van der Waals surface area contributed by atoms with Gasteiger partial charge in [-0.1, -0.05) is 0 Å². The summed E-state index contributed by atoms with van der Waals surface area (Å²) in [6.07, 6.45) is 2.52. The van der Waals surface area contributed by atoms with E-state index in [0.29, 0.717) is 12.5 Å². The number of amides is 1. The van der Waals surface area contributed by atoms with E-state index in [1.165, 1.54) is 12.3 Å². The van der Waals surface area contributed by atoms with Crippen LogP contribution in [0.5, 0.6) is 0 Å². The van der Waals surface area contributed by atoms with Crippen LogP contribution in [0.4, 0.5) is 10.2 Å². The summed E-state index contributed by atoms with van der Waals surface area (Å²) in [5, 5.41) is 2.64. The third-order valence-corrected chi connectivity index (χ3v) is 3.72. The molecule has 20 heavy (non-hydrogen) atoms. The van der Waals surface area contributed by atoms with E-state index in [0.717, 1.165) is 19.5 Å². The maximum Gasteiger partial charge on any atom is 0.256 e. The summed E-state index contributed by atoms with van der Waals surface area (Å²) >= 11 is 0. The van der Waals surface area contributed by atoms with Crippen molar-refractivity contribution in [2.45, 2.75) is 6.42 Å². The van der Waals surface area contributed by atoms with Gasteiger partial charge in [0, 0.05) is 33.4 Å². The first-order chi connectivity index (χ1) is 9.52. The van der Waals surface area contributed by atoms with E-state index >= 15 is 0 Å². The highest BCUT2D eigenvalue weighted by Crippen LogP contribution is 2.19. The molecule has 1 amide bonds. The molecule has 1 N–H and O–H groups in total. The Hall–Kier alpha value is -1.69. The molecule has 1 atom stereocenters. The smallest absolute Gasteiger partial charge is 0.256 e. The molecule has 110 valence electrons. The molecule has 0 radical (unpaired) electrons. The predicted octanol–water partition coefficient (Wildman–Crippen LogP) is 1.29. The third-order valence-electron chi connectivity index (χ3n) is 3.72. The van der Waals surface area contributed by atoms with Crippen molar-refractivity contribution in [3.05, 3.63) is 23.6 Å². The van der Waals surface area contributed by atoms with E-state index in [2.05, 4.69) is 22.2 Å². The second-order valence-corrected chi connectivity index (χ2v) is 5.37. The summed E-state index contributed by atoms with van der Waals surface area (Å²) in [7, 11) is 5.38. The van der Waals surface area contributed by atoms with Crippen LogP contribution in [0.2, 0.25) is 0 Å². The predicted molar refractivity (Wildman–Crippen MR) is 76.3 cm³/mol. The van der Waals surface area contributed by atoms with Gasteiger partial charge in [0.05, 0.1) is 5.56 Å². The number of hydrogen-bond donors (Lipinski definition) is 1. The Kier molecular flexibility index (Phi) is 4.54. The van der Waals surface area contributed by atoms with Crippen LogP contribution in [0.1, 0.15) is 16.8 Å². The Labute approximate surface area is 118 Å². The van der Waals surface area contributed by atoms with Crippen LogP contribution in [0.25, 0.3) is 0 Å². The topological polar surface area (TPSA) is 48.5 Å². The number of nitrogens with zero attached hydrogens (tertiary/aromatic N) is 3. The van der Waals surface area contributed by atoms with Crippen LogP contribution in [-0.2, 0) is 0 Å². The van der Waals surface area contributed by atoms with Gasteiger partial charge < -0.3 is 15.1 Å². The summed E-state index contributed by atoms with van der Waals surface area (Å²) in [5.41, 5.74) is 0.0678. The van der Waals surface area contributed by atoms with Crippen molar-refractivity contribution in [1.29, 1.82) is 0 Å². The average Bonchev–Trinajstić information content (AvgIpc) is 2.83. The Balaban J connectivity index is 2.07. The van der Waals surface area contributed by atoms with Crippen molar-refractivity contribution in [1.82, 2.24) is 14.8 Å². The largest absolute Gasteiger partial charge is 0.371 e. The van der Waals surface area contributed by atoms with Crippen molar-refractivity contribution in [3.8, 4) is 0 Å². The van der Waals surface area contributed by atoms with Gasteiger partial charge in [0.2, 0.25) is 0 Å². The Morgan fingerprint density at radius 1 is 1.65 bits per heavy atom. The van der Waals surface area contributed by atoms with Crippen molar-refractivity contribution in [2.24, 2.45) is 5.92 Å². The molecule has 1 aromatic heterocycles. The Morgan fingerprint density at radius 3 is 3.00 bits per heavy atom. The van der Waals surface area contributed by atoms with E-state index in [4.69, 9.17) is 0 Å². The normalized spacial score (nSPS) is 19.1. The van der Waals surface area contributed by atoms with E-state index in [9.17, 15) is 9.18 Å². The molecule has 2 rings (SSSR count). The molecular formula is C14H21FN4O. The zero-order valence-corrected chi connectivity index (χ0v) is 12.2. The third kappa shape index (κ3) is 3.07. The van der Waals surface area contributed by atoms with Gasteiger partial charge in [0.1, 0.15) is 0 Å². The Bertz CT molecular complexity index is 494. The fraction of sp³-hybridized carbons (Fsp3) is 0.571. The number of carbonyl (C=O) groups excluding carboxylic acids is 1. The number of anilines is 1. The van der Waals surface area contributed by atoms with Crippen LogP contribution in [0.15, 0.2) is 12.3 Å². The molecule has 0 saturated carbocycles. The Morgan fingerprint density at radius 2 is 2.40 bits per heavy atom. The van der Waals surface area contributed by atoms with Crippen LogP contribution >= 0.6 is 0 Å². The molecule has 0 bridgehead atoms. The molecule has 2 heterocycles. The first-order valence-corrected chi connectivity index (χ1v) is 6.79. The number of hydrogen-bond acceptors (Lipinski definition) is 4. The van der Waals surface area contributed by atoms with Gasteiger partial charge in [-0.3, -0.25) is 4.79 Å². The fourth-order valence-electron chi connectivity index (χ4n) is 2.63. The summed E-state index contributed by atoms with van der Waals surface area (Å²) in [5.74, 6) is -0.321. The van der Waals surface area contributed by atoms with Gasteiger partial charge in [-0.2, -0.15) is 0 Å². The maximum atomic E-state index is 14.1. The number of likely N-dealkylation sites (tertiary alicyclic amines) is 1. The lowest BCUT2D eigenvalue weighted by atomic mass is 10.1. The van der Waals surface area contributed by atoms with E-state index in [1.807, 2.05) is 0 Å². The van der Waals surface area contributed by atoms with E-state index in [-0.39, 0.29) is 17.3 Å². The zero-order chi connectivity index (χ0) is 14.7. The molecule has 0 aliphatic carbocycles. The summed E-state index contributed by atoms with van der Waals surface area (Å²) in [6, 6.07) is 1.43.